The molecule has 0 aromatic carbocycles. The first-order chi connectivity index (χ1) is 11.2. The number of ether oxygens (including phenoxy) is 1. The number of fused-ring (bicyclic) bond motifs is 1. The van der Waals surface area contributed by atoms with E-state index >= 15 is 0 Å². The molecule has 9 heteroatoms. The number of hydrogen-bond donors (Lipinski definition) is 0. The van der Waals surface area contributed by atoms with Gasteiger partial charge in [0.25, 0.3) is 5.56 Å². The number of hydrogen-bond acceptors (Lipinski definition) is 7. The number of piperazine rings is 1. The van der Waals surface area contributed by atoms with Gasteiger partial charge in [-0.15, -0.1) is 5.10 Å². The molecule has 0 atom stereocenters. The lowest BCUT2D eigenvalue weighted by molar-refractivity contribution is 0.0240. The molecule has 0 N–H and O–H groups in total. The normalized spacial score (nSPS) is 15.8. The Hall–Kier alpha value is -2.16. The van der Waals surface area contributed by atoms with Gasteiger partial charge in [0.1, 0.15) is 5.60 Å². The lowest BCUT2D eigenvalue weighted by Gasteiger charge is -2.35. The Morgan fingerprint density at radius 3 is 2.54 bits per heavy atom. The molecule has 2 aromatic heterocycles. The molecule has 1 aliphatic rings. The van der Waals surface area contributed by atoms with Crippen molar-refractivity contribution in [1.82, 2.24) is 19.5 Å². The number of nitrogens with zero attached hydrogens (tertiary/aromatic N) is 5. The fraction of sp³-hybridized carbons (Fsp3) is 0.600. The summed E-state index contributed by atoms with van der Waals surface area (Å²) in [7, 11) is 0. The average Bonchev–Trinajstić information content (AvgIpc) is 2.90. The highest BCUT2D eigenvalue weighted by Crippen LogP contribution is 2.23. The highest BCUT2D eigenvalue weighted by Gasteiger charge is 2.27. The summed E-state index contributed by atoms with van der Waals surface area (Å²) in [5.41, 5.74) is 0.0173. The molecular weight excluding hydrogens is 330 g/mol. The van der Waals surface area contributed by atoms with Gasteiger partial charge in [-0.25, -0.2) is 9.78 Å². The lowest BCUT2D eigenvalue weighted by atomic mass is 10.2. The summed E-state index contributed by atoms with van der Waals surface area (Å²) in [6, 6.07) is 1.47. The Labute approximate surface area is 143 Å². The standard InChI is InChI=1S/C15H21N5O3S/c1-10-9-11(21)20-12(16-10)24-13(17-20)18-5-7-19(8-6-18)14(22)23-15(2,3)4/h9H,5-8H2,1-4H3. The van der Waals surface area contributed by atoms with E-state index in [4.69, 9.17) is 4.74 Å². The number of rotatable bonds is 1. The molecule has 24 heavy (non-hydrogen) atoms. The van der Waals surface area contributed by atoms with E-state index < -0.39 is 5.60 Å². The van der Waals surface area contributed by atoms with Gasteiger partial charge < -0.3 is 14.5 Å². The summed E-state index contributed by atoms with van der Waals surface area (Å²) in [6.45, 7) is 9.78. The van der Waals surface area contributed by atoms with E-state index in [2.05, 4.69) is 15.0 Å². The van der Waals surface area contributed by atoms with Crippen molar-refractivity contribution in [3.63, 3.8) is 0 Å². The van der Waals surface area contributed by atoms with Crippen LogP contribution in [0.2, 0.25) is 0 Å². The third kappa shape index (κ3) is 3.50. The van der Waals surface area contributed by atoms with Gasteiger partial charge in [-0.3, -0.25) is 4.79 Å². The molecule has 0 bridgehead atoms. The van der Waals surface area contributed by atoms with Crippen LogP contribution in [-0.2, 0) is 4.74 Å². The molecule has 0 aliphatic carbocycles. The highest BCUT2D eigenvalue weighted by atomic mass is 32.1. The minimum atomic E-state index is -0.494. The predicted molar refractivity (Wildman–Crippen MR) is 91.9 cm³/mol. The third-order valence-corrected chi connectivity index (χ3v) is 4.53. The Bertz CT molecular complexity index is 815. The maximum absolute atomic E-state index is 12.1. The largest absolute Gasteiger partial charge is 0.444 e. The fourth-order valence-corrected chi connectivity index (χ4v) is 3.45. The Balaban J connectivity index is 1.70. The number of carbonyl (C=O) groups excluding carboxylic acids is 1. The predicted octanol–water partition coefficient (Wildman–Crippen LogP) is 1.52. The zero-order valence-electron chi connectivity index (χ0n) is 14.3. The molecule has 0 radical (unpaired) electrons. The summed E-state index contributed by atoms with van der Waals surface area (Å²) in [6.07, 6.45) is -0.292. The summed E-state index contributed by atoms with van der Waals surface area (Å²) in [4.78, 5) is 32.7. The van der Waals surface area contributed by atoms with Crippen LogP contribution in [0.3, 0.4) is 0 Å². The number of aryl methyl sites for hydroxylation is 1. The van der Waals surface area contributed by atoms with Crippen LogP contribution in [0.25, 0.3) is 4.96 Å². The molecule has 1 amide bonds. The van der Waals surface area contributed by atoms with Gasteiger partial charge in [-0.05, 0) is 27.7 Å². The van der Waals surface area contributed by atoms with Crippen LogP contribution in [0.1, 0.15) is 26.5 Å². The molecule has 1 fully saturated rings. The average molecular weight is 351 g/mol. The van der Waals surface area contributed by atoms with Crippen LogP contribution in [0.4, 0.5) is 9.93 Å². The molecule has 1 aliphatic heterocycles. The van der Waals surface area contributed by atoms with Crippen LogP contribution in [0, 0.1) is 6.92 Å². The van der Waals surface area contributed by atoms with E-state index in [0.717, 1.165) is 5.13 Å². The van der Waals surface area contributed by atoms with Gasteiger partial charge in [0.2, 0.25) is 10.1 Å². The number of anilines is 1. The Morgan fingerprint density at radius 2 is 1.92 bits per heavy atom. The molecule has 1 saturated heterocycles. The molecule has 3 rings (SSSR count). The minimum absolute atomic E-state index is 0.174. The third-order valence-electron chi connectivity index (χ3n) is 3.56. The van der Waals surface area contributed by atoms with Crippen LogP contribution >= 0.6 is 11.3 Å². The number of aromatic nitrogens is 3. The summed E-state index contributed by atoms with van der Waals surface area (Å²) < 4.78 is 6.72. The van der Waals surface area contributed by atoms with Gasteiger partial charge in [0, 0.05) is 37.9 Å². The molecule has 0 unspecified atom stereocenters. The monoisotopic (exact) mass is 351 g/mol. The smallest absolute Gasteiger partial charge is 0.410 e. The van der Waals surface area contributed by atoms with E-state index in [1.165, 1.54) is 21.9 Å². The van der Waals surface area contributed by atoms with Crippen molar-refractivity contribution < 1.29 is 9.53 Å². The van der Waals surface area contributed by atoms with Gasteiger partial charge >= 0.3 is 6.09 Å². The Kier molecular flexibility index (Phi) is 4.20. The van der Waals surface area contributed by atoms with Crippen molar-refractivity contribution in [2.75, 3.05) is 31.1 Å². The molecule has 3 heterocycles. The van der Waals surface area contributed by atoms with Gasteiger partial charge in [-0.1, -0.05) is 11.3 Å². The van der Waals surface area contributed by atoms with E-state index in [0.29, 0.717) is 36.8 Å². The molecule has 2 aromatic rings. The van der Waals surface area contributed by atoms with E-state index in [9.17, 15) is 9.59 Å². The summed E-state index contributed by atoms with van der Waals surface area (Å²) in [5, 5.41) is 5.10. The first kappa shape index (κ1) is 16.7. The van der Waals surface area contributed by atoms with Crippen LogP contribution in [0.5, 0.6) is 0 Å². The maximum Gasteiger partial charge on any atom is 0.410 e. The summed E-state index contributed by atoms with van der Waals surface area (Å²) in [5.74, 6) is 0. The molecule has 8 nitrogen and oxygen atoms in total. The van der Waals surface area contributed by atoms with Crippen molar-refractivity contribution in [3.05, 3.63) is 22.1 Å². The van der Waals surface area contributed by atoms with Gasteiger partial charge in [0.05, 0.1) is 0 Å². The van der Waals surface area contributed by atoms with E-state index in [1.807, 2.05) is 20.8 Å². The van der Waals surface area contributed by atoms with Crippen molar-refractivity contribution in [1.29, 1.82) is 0 Å². The zero-order chi connectivity index (χ0) is 17.5. The second-order valence-electron chi connectivity index (χ2n) is 6.77. The number of amides is 1. The van der Waals surface area contributed by atoms with Crippen molar-refractivity contribution in [2.24, 2.45) is 0 Å². The second-order valence-corrected chi connectivity index (χ2v) is 7.70. The van der Waals surface area contributed by atoms with Crippen molar-refractivity contribution in [3.8, 4) is 0 Å². The minimum Gasteiger partial charge on any atom is -0.444 e. The van der Waals surface area contributed by atoms with Crippen molar-refractivity contribution in [2.45, 2.75) is 33.3 Å². The first-order valence-corrected chi connectivity index (χ1v) is 8.65. The Morgan fingerprint density at radius 1 is 1.25 bits per heavy atom. The van der Waals surface area contributed by atoms with Crippen LogP contribution < -0.4 is 10.5 Å². The quantitative estimate of drug-likeness (QED) is 0.775. The van der Waals surface area contributed by atoms with Crippen molar-refractivity contribution >= 4 is 27.5 Å². The molecule has 130 valence electrons. The van der Waals surface area contributed by atoms with Crippen LogP contribution in [-0.4, -0.2) is 57.4 Å². The first-order valence-electron chi connectivity index (χ1n) is 7.83. The lowest BCUT2D eigenvalue weighted by Crippen LogP contribution is -2.50. The van der Waals surface area contributed by atoms with E-state index in [-0.39, 0.29) is 11.7 Å². The fourth-order valence-electron chi connectivity index (χ4n) is 2.44. The maximum atomic E-state index is 12.1. The van der Waals surface area contributed by atoms with E-state index in [1.54, 1.807) is 11.8 Å². The molecule has 0 saturated carbocycles. The van der Waals surface area contributed by atoms with Gasteiger partial charge in [-0.2, -0.15) is 4.52 Å². The zero-order valence-corrected chi connectivity index (χ0v) is 15.1. The second kappa shape index (κ2) is 6.04. The molecule has 0 spiro atoms. The molecular formula is C15H21N5O3S. The van der Waals surface area contributed by atoms with Crippen LogP contribution in [0.15, 0.2) is 10.9 Å². The van der Waals surface area contributed by atoms with Gasteiger partial charge in [0.15, 0.2) is 0 Å². The summed E-state index contributed by atoms with van der Waals surface area (Å²) >= 11 is 1.38. The topological polar surface area (TPSA) is 80.0 Å². The number of carbonyl (C=O) groups is 1. The highest BCUT2D eigenvalue weighted by molar-refractivity contribution is 7.20. The SMILES string of the molecule is Cc1cc(=O)n2nc(N3CCN(C(=O)OC(C)(C)C)CC3)sc2n1.